The molecular formula is C21H38IN5O. The number of nitrogens with zero attached hydrogens (tertiary/aromatic N) is 3. The van der Waals surface area contributed by atoms with Gasteiger partial charge in [-0.1, -0.05) is 12.5 Å². The van der Waals surface area contributed by atoms with Crippen LogP contribution in [0.25, 0.3) is 0 Å². The minimum atomic E-state index is 0. The normalized spacial score (nSPS) is 15.8. The Morgan fingerprint density at radius 2 is 1.89 bits per heavy atom. The minimum absolute atomic E-state index is 0. The van der Waals surface area contributed by atoms with E-state index in [1.807, 2.05) is 12.3 Å². The lowest BCUT2D eigenvalue weighted by molar-refractivity contribution is 0.102. The summed E-state index contributed by atoms with van der Waals surface area (Å²) in [5, 5.41) is 6.77. The van der Waals surface area contributed by atoms with Crippen molar-refractivity contribution in [1.29, 1.82) is 0 Å². The highest BCUT2D eigenvalue weighted by atomic mass is 127. The number of rotatable bonds is 9. The van der Waals surface area contributed by atoms with E-state index in [0.29, 0.717) is 0 Å². The van der Waals surface area contributed by atoms with E-state index in [-0.39, 0.29) is 35.1 Å². The molecule has 1 saturated heterocycles. The van der Waals surface area contributed by atoms with Crippen molar-refractivity contribution >= 4 is 29.9 Å². The minimum Gasteiger partial charge on any atom is -0.357 e. The molecule has 1 fully saturated rings. The molecule has 6 nitrogen and oxygen atoms in total. The second-order valence-electron chi connectivity index (χ2n) is 7.92. The molecule has 0 radical (unpaired) electrons. The van der Waals surface area contributed by atoms with Crippen LogP contribution in [0.15, 0.2) is 34.2 Å². The Morgan fingerprint density at radius 1 is 1.14 bits per heavy atom. The van der Waals surface area contributed by atoms with Crippen molar-refractivity contribution in [2.45, 2.75) is 65.0 Å². The molecule has 0 atom stereocenters. The largest absolute Gasteiger partial charge is 0.357 e. The van der Waals surface area contributed by atoms with Crippen molar-refractivity contribution < 1.29 is 0 Å². The third kappa shape index (κ3) is 8.51. The number of pyridine rings is 1. The highest BCUT2D eigenvalue weighted by Crippen LogP contribution is 2.20. The third-order valence-corrected chi connectivity index (χ3v) is 5.20. The monoisotopic (exact) mass is 503 g/mol. The number of guanidine groups is 1. The molecule has 0 unspecified atom stereocenters. The van der Waals surface area contributed by atoms with Gasteiger partial charge in [-0.05, 0) is 65.6 Å². The van der Waals surface area contributed by atoms with Crippen molar-refractivity contribution in [2.24, 2.45) is 4.99 Å². The first-order chi connectivity index (χ1) is 13.0. The van der Waals surface area contributed by atoms with E-state index in [2.05, 4.69) is 36.3 Å². The summed E-state index contributed by atoms with van der Waals surface area (Å²) in [4.78, 5) is 19.1. The topological polar surface area (TPSA) is 61.7 Å². The smallest absolute Gasteiger partial charge is 0.250 e. The maximum absolute atomic E-state index is 11.7. The van der Waals surface area contributed by atoms with Crippen LogP contribution in [0.4, 0.5) is 0 Å². The van der Waals surface area contributed by atoms with E-state index in [9.17, 15) is 4.79 Å². The number of likely N-dealkylation sites (tertiary alicyclic amines) is 1. The maximum Gasteiger partial charge on any atom is 0.250 e. The number of aryl methyl sites for hydroxylation is 1. The first kappa shape index (κ1) is 24.9. The number of hydrogen-bond acceptors (Lipinski definition) is 3. The Morgan fingerprint density at radius 3 is 2.57 bits per heavy atom. The van der Waals surface area contributed by atoms with Crippen molar-refractivity contribution in [3.05, 3.63) is 34.7 Å². The van der Waals surface area contributed by atoms with Crippen LogP contribution in [0.5, 0.6) is 0 Å². The molecule has 0 aliphatic carbocycles. The van der Waals surface area contributed by atoms with Gasteiger partial charge in [0.2, 0.25) is 5.56 Å². The van der Waals surface area contributed by atoms with Crippen LogP contribution in [0.1, 0.15) is 52.9 Å². The second-order valence-corrected chi connectivity index (χ2v) is 7.92. The van der Waals surface area contributed by atoms with Crippen LogP contribution >= 0.6 is 24.0 Å². The predicted octanol–water partition coefficient (Wildman–Crippen LogP) is 3.07. The highest BCUT2D eigenvalue weighted by Gasteiger charge is 2.27. The summed E-state index contributed by atoms with van der Waals surface area (Å²) in [6, 6.07) is 5.29. The van der Waals surface area contributed by atoms with Gasteiger partial charge in [0.1, 0.15) is 0 Å². The molecule has 160 valence electrons. The van der Waals surface area contributed by atoms with Gasteiger partial charge in [0.15, 0.2) is 5.96 Å². The molecule has 2 N–H and O–H groups in total. The van der Waals surface area contributed by atoms with Crippen LogP contribution in [-0.4, -0.2) is 53.7 Å². The van der Waals surface area contributed by atoms with Gasteiger partial charge < -0.3 is 15.2 Å². The molecule has 1 aromatic rings. The number of hydrogen-bond donors (Lipinski definition) is 2. The molecule has 1 aromatic heterocycles. The molecule has 0 spiro atoms. The molecule has 0 aromatic carbocycles. The quantitative estimate of drug-likeness (QED) is 0.236. The van der Waals surface area contributed by atoms with Gasteiger partial charge >= 0.3 is 0 Å². The van der Waals surface area contributed by atoms with Crippen LogP contribution in [0.3, 0.4) is 0 Å². The fourth-order valence-corrected chi connectivity index (χ4v) is 3.47. The zero-order valence-corrected chi connectivity index (χ0v) is 20.1. The van der Waals surface area contributed by atoms with Gasteiger partial charge in [-0.3, -0.25) is 14.7 Å². The van der Waals surface area contributed by atoms with Gasteiger partial charge in [0.25, 0.3) is 0 Å². The average molecular weight is 503 g/mol. The van der Waals surface area contributed by atoms with Gasteiger partial charge in [-0.2, -0.15) is 0 Å². The Kier molecular flexibility index (Phi) is 11.8. The number of nitrogens with one attached hydrogen (secondary N) is 2. The fourth-order valence-electron chi connectivity index (χ4n) is 3.47. The molecular weight excluding hydrogens is 465 g/mol. The molecule has 28 heavy (non-hydrogen) atoms. The first-order valence-corrected chi connectivity index (χ1v) is 10.5. The van der Waals surface area contributed by atoms with E-state index in [4.69, 9.17) is 4.99 Å². The van der Waals surface area contributed by atoms with Crippen molar-refractivity contribution in [3.63, 3.8) is 0 Å². The predicted molar refractivity (Wildman–Crippen MR) is 129 cm³/mol. The average Bonchev–Trinajstić information content (AvgIpc) is 2.68. The maximum atomic E-state index is 11.7. The summed E-state index contributed by atoms with van der Waals surface area (Å²) in [6.07, 6.45) is 7.78. The molecule has 7 heteroatoms. The lowest BCUT2D eigenvalue weighted by atomic mass is 9.99. The summed E-state index contributed by atoms with van der Waals surface area (Å²) < 4.78 is 1.76. The number of aromatic nitrogens is 1. The van der Waals surface area contributed by atoms with Gasteiger partial charge in [-0.25, -0.2) is 0 Å². The molecule has 0 saturated carbocycles. The summed E-state index contributed by atoms with van der Waals surface area (Å²) in [5.74, 6) is 0.888. The summed E-state index contributed by atoms with van der Waals surface area (Å²) in [7, 11) is 0. The summed E-state index contributed by atoms with van der Waals surface area (Å²) in [6.45, 7) is 12.3. The molecule has 0 bridgehead atoms. The van der Waals surface area contributed by atoms with Gasteiger partial charge in [-0.15, -0.1) is 24.0 Å². The second kappa shape index (κ2) is 13.2. The Balaban J connectivity index is 0.00000392. The molecule has 1 aliphatic heterocycles. The Bertz CT molecular complexity index is 638. The number of aliphatic imine (C=N–C) groups is 1. The van der Waals surface area contributed by atoms with Crippen molar-refractivity contribution in [2.75, 3.05) is 32.7 Å². The van der Waals surface area contributed by atoms with Gasteiger partial charge in [0, 0.05) is 37.4 Å². The lowest BCUT2D eigenvalue weighted by Crippen LogP contribution is -2.49. The first-order valence-electron chi connectivity index (χ1n) is 10.5. The van der Waals surface area contributed by atoms with Gasteiger partial charge in [0.05, 0.1) is 6.54 Å². The SMILES string of the molecule is CCNC(=NCC(C)(C)N1CCCCC1)NCCCCn1ccccc1=O.I. The Labute approximate surface area is 187 Å². The van der Waals surface area contributed by atoms with Crippen molar-refractivity contribution in [3.8, 4) is 0 Å². The van der Waals surface area contributed by atoms with Crippen molar-refractivity contribution in [1.82, 2.24) is 20.1 Å². The number of unbranched alkanes of at least 4 members (excludes halogenated alkanes) is 1. The molecule has 1 aliphatic rings. The van der Waals surface area contributed by atoms with E-state index in [0.717, 1.165) is 45.0 Å². The number of halogens is 1. The third-order valence-electron chi connectivity index (χ3n) is 5.20. The summed E-state index contributed by atoms with van der Waals surface area (Å²) in [5.41, 5.74) is 0.164. The fraction of sp³-hybridized carbons (Fsp3) is 0.714. The molecule has 2 heterocycles. The van der Waals surface area contributed by atoms with E-state index in [1.54, 1.807) is 16.7 Å². The number of piperidine rings is 1. The lowest BCUT2D eigenvalue weighted by Gasteiger charge is -2.40. The zero-order valence-electron chi connectivity index (χ0n) is 17.7. The van der Waals surface area contributed by atoms with E-state index < -0.39 is 0 Å². The Hall–Kier alpha value is -1.09. The standard InChI is InChI=1S/C21H37N5O.HI/c1-4-22-20(24-18-21(2,3)26-16-8-5-9-17-26)23-13-7-11-15-25-14-10-6-12-19(25)27;/h6,10,12,14H,4-5,7-9,11,13,15-18H2,1-3H3,(H2,22,23,24);1H. The van der Waals surface area contributed by atoms with Crippen LogP contribution < -0.4 is 16.2 Å². The van der Waals surface area contributed by atoms with E-state index >= 15 is 0 Å². The van der Waals surface area contributed by atoms with Crippen LogP contribution in [0, 0.1) is 0 Å². The summed E-state index contributed by atoms with van der Waals surface area (Å²) >= 11 is 0. The zero-order chi connectivity index (χ0) is 19.5. The molecule has 0 amide bonds. The molecule has 2 rings (SSSR count). The van der Waals surface area contributed by atoms with E-state index in [1.165, 1.54) is 32.4 Å². The van der Waals surface area contributed by atoms with Crippen LogP contribution in [0.2, 0.25) is 0 Å². The van der Waals surface area contributed by atoms with Crippen LogP contribution in [-0.2, 0) is 6.54 Å². The highest BCUT2D eigenvalue weighted by molar-refractivity contribution is 14.0.